The van der Waals surface area contributed by atoms with Crippen LogP contribution in [0, 0.1) is 5.92 Å². The number of ketones is 2. The molecule has 0 saturated heterocycles. The van der Waals surface area contributed by atoms with Gasteiger partial charge in [0.2, 0.25) is 0 Å². The molecule has 158 valence electrons. The van der Waals surface area contributed by atoms with Gasteiger partial charge in [-0.2, -0.15) is 0 Å². The number of hydrogen-bond donors (Lipinski definition) is 0. The number of Topliss-reactive ketones (excluding diaryl/α,β-unsaturated/α-hetero) is 2. The van der Waals surface area contributed by atoms with Gasteiger partial charge in [0.1, 0.15) is 5.75 Å². The second-order valence-corrected chi connectivity index (χ2v) is 7.95. The summed E-state index contributed by atoms with van der Waals surface area (Å²) in [4.78, 5) is 31.6. The van der Waals surface area contributed by atoms with Gasteiger partial charge in [-0.3, -0.25) is 14.6 Å². The zero-order valence-corrected chi connectivity index (χ0v) is 17.7. The quantitative estimate of drug-likeness (QED) is 0.748. The van der Waals surface area contributed by atoms with E-state index < -0.39 is 11.8 Å². The van der Waals surface area contributed by atoms with E-state index in [0.717, 1.165) is 35.4 Å². The Labute approximate surface area is 180 Å². The molecule has 3 aliphatic rings. The maximum Gasteiger partial charge on any atom is 0.173 e. The molecule has 0 saturated carbocycles. The number of carbonyl (C=O) groups is 2. The average molecular weight is 417 g/mol. The van der Waals surface area contributed by atoms with Crippen molar-refractivity contribution < 1.29 is 23.8 Å². The second kappa shape index (κ2) is 7.38. The van der Waals surface area contributed by atoms with Crippen molar-refractivity contribution in [3.63, 3.8) is 0 Å². The number of aliphatic imine (C=N–C) groups is 1. The largest absolute Gasteiger partial charge is 0.496 e. The number of nitrogens with zero attached hydrogens (tertiary/aromatic N) is 1. The fourth-order valence-electron chi connectivity index (χ4n) is 5.08. The Morgan fingerprint density at radius 3 is 2.23 bits per heavy atom. The van der Waals surface area contributed by atoms with Gasteiger partial charge in [0.05, 0.1) is 33.0 Å². The van der Waals surface area contributed by atoms with E-state index >= 15 is 0 Å². The summed E-state index contributed by atoms with van der Waals surface area (Å²) in [5.41, 5.74) is 4.41. The molecule has 2 atom stereocenters. The van der Waals surface area contributed by atoms with E-state index in [2.05, 4.69) is 0 Å². The maximum atomic E-state index is 13.6. The van der Waals surface area contributed by atoms with Gasteiger partial charge < -0.3 is 14.2 Å². The van der Waals surface area contributed by atoms with Gasteiger partial charge in [0.15, 0.2) is 23.1 Å². The predicted octanol–water partition coefficient (Wildman–Crippen LogP) is 4.12. The monoisotopic (exact) mass is 417 g/mol. The molecule has 1 heterocycles. The minimum Gasteiger partial charge on any atom is -0.496 e. The van der Waals surface area contributed by atoms with Gasteiger partial charge in [0.25, 0.3) is 0 Å². The van der Waals surface area contributed by atoms with Crippen molar-refractivity contribution >= 4 is 17.3 Å². The van der Waals surface area contributed by atoms with E-state index in [1.54, 1.807) is 27.4 Å². The first-order valence-corrected chi connectivity index (χ1v) is 10.4. The maximum absolute atomic E-state index is 13.6. The molecule has 6 heteroatoms. The number of carbonyl (C=O) groups excluding carboxylic acids is 2. The van der Waals surface area contributed by atoms with Crippen molar-refractivity contribution in [3.05, 3.63) is 64.4 Å². The number of ether oxygens (including phenoxy) is 3. The number of allylic oxidation sites excluding steroid dienone is 2. The number of fused-ring (bicyclic) bond motifs is 3. The van der Waals surface area contributed by atoms with Gasteiger partial charge in [-0.1, -0.05) is 24.3 Å². The summed E-state index contributed by atoms with van der Waals surface area (Å²) >= 11 is 0. The molecule has 0 amide bonds. The highest BCUT2D eigenvalue weighted by molar-refractivity contribution is 6.30. The molecule has 31 heavy (non-hydrogen) atoms. The summed E-state index contributed by atoms with van der Waals surface area (Å²) in [5, 5.41) is 0. The Kier molecular flexibility index (Phi) is 4.65. The summed E-state index contributed by atoms with van der Waals surface area (Å²) < 4.78 is 16.7. The molecule has 5 rings (SSSR count). The molecule has 0 radical (unpaired) electrons. The normalized spacial score (nSPS) is 21.8. The molecule has 2 aliphatic carbocycles. The first kappa shape index (κ1) is 19.5. The molecule has 6 nitrogen and oxygen atoms in total. The highest BCUT2D eigenvalue weighted by Gasteiger charge is 2.49. The van der Waals surface area contributed by atoms with Crippen LogP contribution in [-0.2, 0) is 4.79 Å². The van der Waals surface area contributed by atoms with Crippen LogP contribution < -0.4 is 14.2 Å². The first-order chi connectivity index (χ1) is 15.1. The Bertz CT molecular complexity index is 1180. The summed E-state index contributed by atoms with van der Waals surface area (Å²) in [6.45, 7) is 0. The molecule has 0 fully saturated rings. The molecule has 0 bridgehead atoms. The van der Waals surface area contributed by atoms with E-state index in [4.69, 9.17) is 19.2 Å². The van der Waals surface area contributed by atoms with Crippen molar-refractivity contribution in [1.82, 2.24) is 0 Å². The Hall–Kier alpha value is -3.41. The molecule has 0 unspecified atom stereocenters. The van der Waals surface area contributed by atoms with E-state index in [0.29, 0.717) is 34.8 Å². The van der Waals surface area contributed by atoms with Crippen LogP contribution in [0.4, 0.5) is 0 Å². The van der Waals surface area contributed by atoms with Crippen molar-refractivity contribution in [1.29, 1.82) is 0 Å². The fourth-order valence-corrected chi connectivity index (χ4v) is 5.08. The lowest BCUT2D eigenvalue weighted by Gasteiger charge is -2.34. The standard InChI is InChI=1S/C25H23NO5/c1-29-18-12-20(31-3)19(30-2)11-15(18)21-22-16(9-6-10-17(22)27)26-24-13-7-4-5-8-14(13)25(28)23(21)24/h4-5,7-8,11-12,21,23H,6,9-10H2,1-3H3/t21-,23-/m0/s1. The van der Waals surface area contributed by atoms with Crippen molar-refractivity contribution in [3.8, 4) is 17.2 Å². The highest BCUT2D eigenvalue weighted by Crippen LogP contribution is 2.51. The minimum atomic E-state index is -0.565. The Morgan fingerprint density at radius 1 is 0.839 bits per heavy atom. The smallest absolute Gasteiger partial charge is 0.173 e. The minimum absolute atomic E-state index is 0.0129. The summed E-state index contributed by atoms with van der Waals surface area (Å²) in [6.07, 6.45) is 1.95. The van der Waals surface area contributed by atoms with Crippen molar-refractivity contribution in [2.75, 3.05) is 21.3 Å². The zero-order chi connectivity index (χ0) is 21.7. The topological polar surface area (TPSA) is 74.2 Å². The molecule has 1 aliphatic heterocycles. The van der Waals surface area contributed by atoms with E-state index in [1.807, 2.05) is 30.3 Å². The van der Waals surface area contributed by atoms with Gasteiger partial charge >= 0.3 is 0 Å². The molecular formula is C25H23NO5. The van der Waals surface area contributed by atoms with Gasteiger partial charge in [-0.25, -0.2) is 0 Å². The third-order valence-electron chi connectivity index (χ3n) is 6.44. The first-order valence-electron chi connectivity index (χ1n) is 10.4. The van der Waals surface area contributed by atoms with Crippen LogP contribution in [-0.4, -0.2) is 38.6 Å². The SMILES string of the molecule is COc1cc(OC)c([C@H]2C3=C(CCCC3=O)N=C3c4ccccc4C(=O)[C@H]32)cc1OC. The van der Waals surface area contributed by atoms with E-state index in [-0.39, 0.29) is 11.6 Å². The lowest BCUT2D eigenvalue weighted by Crippen LogP contribution is -2.34. The van der Waals surface area contributed by atoms with Crippen LogP contribution in [0.3, 0.4) is 0 Å². The molecule has 2 aromatic rings. The Balaban J connectivity index is 1.78. The number of rotatable bonds is 4. The lowest BCUT2D eigenvalue weighted by atomic mass is 9.71. The van der Waals surface area contributed by atoms with Crippen LogP contribution in [0.5, 0.6) is 17.2 Å². The lowest BCUT2D eigenvalue weighted by molar-refractivity contribution is -0.116. The molecule has 0 aromatic heterocycles. The molecule has 0 N–H and O–H groups in total. The van der Waals surface area contributed by atoms with Crippen LogP contribution in [0.2, 0.25) is 0 Å². The van der Waals surface area contributed by atoms with Gasteiger partial charge in [-0.05, 0) is 18.9 Å². The van der Waals surface area contributed by atoms with Crippen LogP contribution in [0.25, 0.3) is 0 Å². The summed E-state index contributed by atoms with van der Waals surface area (Å²) in [6, 6.07) is 11.1. The van der Waals surface area contributed by atoms with Crippen LogP contribution in [0.15, 0.2) is 52.7 Å². The van der Waals surface area contributed by atoms with Crippen LogP contribution in [0.1, 0.15) is 46.7 Å². The van der Waals surface area contributed by atoms with E-state index in [1.165, 1.54) is 0 Å². The number of benzene rings is 2. The fraction of sp³-hybridized carbons (Fsp3) is 0.320. The molecule has 0 spiro atoms. The van der Waals surface area contributed by atoms with Gasteiger partial charge in [-0.15, -0.1) is 0 Å². The second-order valence-electron chi connectivity index (χ2n) is 7.95. The highest BCUT2D eigenvalue weighted by atomic mass is 16.5. The zero-order valence-electron chi connectivity index (χ0n) is 17.7. The third-order valence-corrected chi connectivity index (χ3v) is 6.44. The van der Waals surface area contributed by atoms with Crippen LogP contribution >= 0.6 is 0 Å². The third kappa shape index (κ3) is 2.81. The summed E-state index contributed by atoms with van der Waals surface area (Å²) in [5.74, 6) is 0.595. The van der Waals surface area contributed by atoms with Gasteiger partial charge in [0, 0.05) is 46.4 Å². The van der Waals surface area contributed by atoms with E-state index in [9.17, 15) is 9.59 Å². The summed E-state index contributed by atoms with van der Waals surface area (Å²) in [7, 11) is 4.70. The average Bonchev–Trinajstić information content (AvgIpc) is 3.09. The van der Waals surface area contributed by atoms with Crippen molar-refractivity contribution in [2.24, 2.45) is 10.9 Å². The number of hydrogen-bond acceptors (Lipinski definition) is 6. The Morgan fingerprint density at radius 2 is 1.52 bits per heavy atom. The van der Waals surface area contributed by atoms with Crippen molar-refractivity contribution in [2.45, 2.75) is 25.2 Å². The molecule has 2 aromatic carbocycles. The number of methoxy groups -OCH3 is 3. The molecular weight excluding hydrogens is 394 g/mol. The predicted molar refractivity (Wildman–Crippen MR) is 116 cm³/mol.